The Morgan fingerprint density at radius 2 is 2.29 bits per heavy atom. The van der Waals surface area contributed by atoms with Gasteiger partial charge in [-0.2, -0.15) is 4.98 Å². The molecule has 0 bridgehead atoms. The summed E-state index contributed by atoms with van der Waals surface area (Å²) in [6, 6.07) is 7.62. The maximum atomic E-state index is 5.36. The molecule has 1 unspecified atom stereocenters. The fourth-order valence-corrected chi connectivity index (χ4v) is 2.32. The largest absolute Gasteiger partial charge is 0.381 e. The zero-order valence-corrected chi connectivity index (χ0v) is 11.1. The van der Waals surface area contributed by atoms with Crippen LogP contribution in [0.2, 0.25) is 0 Å². The van der Waals surface area contributed by atoms with Crippen LogP contribution in [0.3, 0.4) is 0 Å². The fraction of sp³-hybridized carbons (Fsp3) is 0.308. The van der Waals surface area contributed by atoms with E-state index >= 15 is 0 Å². The molecule has 2 aromatic heterocycles. The van der Waals surface area contributed by atoms with Crippen LogP contribution in [0, 0.1) is 0 Å². The molecule has 0 N–H and O–H groups in total. The van der Waals surface area contributed by atoms with Crippen LogP contribution in [0.5, 0.6) is 0 Å². The molecule has 21 heavy (non-hydrogen) atoms. The second kappa shape index (κ2) is 5.06. The molecule has 3 aromatic rings. The van der Waals surface area contributed by atoms with E-state index in [0.717, 1.165) is 24.3 Å². The zero-order valence-electron chi connectivity index (χ0n) is 11.1. The average Bonchev–Trinajstić information content (AvgIpc) is 3.26. The van der Waals surface area contributed by atoms with Crippen LogP contribution in [0.1, 0.15) is 18.2 Å². The van der Waals surface area contributed by atoms with Gasteiger partial charge in [0.25, 0.3) is 5.89 Å². The van der Waals surface area contributed by atoms with Crippen molar-refractivity contribution in [2.75, 3.05) is 13.2 Å². The molecule has 1 aliphatic heterocycles. The van der Waals surface area contributed by atoms with E-state index in [-0.39, 0.29) is 5.92 Å². The first-order chi connectivity index (χ1) is 10.4. The van der Waals surface area contributed by atoms with Gasteiger partial charge in [-0.25, -0.2) is 4.68 Å². The number of ether oxygens (including phenoxy) is 1. The molecule has 1 atom stereocenters. The molecule has 1 aliphatic rings. The first kappa shape index (κ1) is 12.2. The first-order valence-corrected chi connectivity index (χ1v) is 6.65. The van der Waals surface area contributed by atoms with Crippen molar-refractivity contribution in [3.8, 4) is 17.1 Å². The summed E-state index contributed by atoms with van der Waals surface area (Å²) < 4.78 is 12.3. The van der Waals surface area contributed by atoms with Gasteiger partial charge in [0, 0.05) is 18.1 Å². The lowest BCUT2D eigenvalue weighted by Crippen LogP contribution is -1.99. The third-order valence-corrected chi connectivity index (χ3v) is 3.44. The number of nitrogens with zero attached hydrogens (tertiary/aromatic N) is 6. The van der Waals surface area contributed by atoms with Crippen LogP contribution in [0.25, 0.3) is 17.1 Å². The molecule has 0 saturated carbocycles. The van der Waals surface area contributed by atoms with Crippen molar-refractivity contribution < 1.29 is 9.26 Å². The van der Waals surface area contributed by atoms with Crippen LogP contribution in [0.15, 0.2) is 35.1 Å². The summed E-state index contributed by atoms with van der Waals surface area (Å²) in [5.74, 6) is 1.42. The lowest BCUT2D eigenvalue weighted by atomic mass is 10.1. The Kier molecular flexibility index (Phi) is 2.93. The van der Waals surface area contributed by atoms with Crippen molar-refractivity contribution in [1.29, 1.82) is 0 Å². The van der Waals surface area contributed by atoms with Crippen molar-refractivity contribution >= 4 is 0 Å². The molecule has 3 heterocycles. The second-order valence-electron chi connectivity index (χ2n) is 4.82. The summed E-state index contributed by atoms with van der Waals surface area (Å²) in [6.45, 7) is 1.41. The van der Waals surface area contributed by atoms with Gasteiger partial charge in [-0.3, -0.25) is 0 Å². The van der Waals surface area contributed by atoms with Gasteiger partial charge in [0.1, 0.15) is 6.33 Å². The van der Waals surface area contributed by atoms with E-state index in [1.165, 1.54) is 6.33 Å². The highest BCUT2D eigenvalue weighted by Gasteiger charge is 2.23. The third-order valence-electron chi connectivity index (χ3n) is 3.44. The minimum atomic E-state index is 0.227. The Labute approximate surface area is 119 Å². The van der Waals surface area contributed by atoms with Gasteiger partial charge in [0.05, 0.1) is 12.3 Å². The van der Waals surface area contributed by atoms with Gasteiger partial charge >= 0.3 is 0 Å². The maximum absolute atomic E-state index is 5.36. The van der Waals surface area contributed by atoms with Crippen molar-refractivity contribution in [1.82, 2.24) is 30.3 Å². The molecule has 0 spiro atoms. The minimum absolute atomic E-state index is 0.227. The van der Waals surface area contributed by atoms with Crippen LogP contribution in [0.4, 0.5) is 0 Å². The van der Waals surface area contributed by atoms with Crippen molar-refractivity contribution in [3.05, 3.63) is 36.4 Å². The number of tetrazole rings is 1. The lowest BCUT2D eigenvalue weighted by molar-refractivity contribution is 0.192. The highest BCUT2D eigenvalue weighted by atomic mass is 16.5. The highest BCUT2D eigenvalue weighted by molar-refractivity contribution is 5.57. The normalized spacial score (nSPS) is 18.2. The Bertz CT molecular complexity index is 733. The Morgan fingerprint density at radius 1 is 1.29 bits per heavy atom. The summed E-state index contributed by atoms with van der Waals surface area (Å²) in [5.41, 5.74) is 1.67. The molecule has 8 nitrogen and oxygen atoms in total. The molecule has 1 fully saturated rings. The summed E-state index contributed by atoms with van der Waals surface area (Å²) >= 11 is 0. The Morgan fingerprint density at radius 3 is 3.10 bits per heavy atom. The lowest BCUT2D eigenvalue weighted by Gasteiger charge is -2.00. The van der Waals surface area contributed by atoms with Gasteiger partial charge in [0.2, 0.25) is 0 Å². The van der Waals surface area contributed by atoms with Crippen LogP contribution >= 0.6 is 0 Å². The summed E-state index contributed by atoms with van der Waals surface area (Å²) in [7, 11) is 0. The van der Waals surface area contributed by atoms with Gasteiger partial charge in [-0.1, -0.05) is 11.2 Å². The summed E-state index contributed by atoms with van der Waals surface area (Å²) in [6.07, 6.45) is 2.47. The predicted molar refractivity (Wildman–Crippen MR) is 70.6 cm³/mol. The van der Waals surface area contributed by atoms with Crippen LogP contribution in [-0.2, 0) is 4.74 Å². The molecule has 106 valence electrons. The standard InChI is InChI=1S/C13H12N6O2/c1-2-9(6-11(3-1)19-8-14-17-18-19)13-15-12(16-21-13)10-4-5-20-7-10/h1-3,6,8,10H,4-5,7H2. The number of rotatable bonds is 3. The van der Waals surface area contributed by atoms with E-state index in [9.17, 15) is 0 Å². The molecule has 1 aromatic carbocycles. The smallest absolute Gasteiger partial charge is 0.258 e. The predicted octanol–water partition coefficient (Wildman–Crippen LogP) is 1.22. The van der Waals surface area contributed by atoms with Gasteiger partial charge in [-0.05, 0) is 35.0 Å². The molecule has 0 radical (unpaired) electrons. The average molecular weight is 284 g/mol. The van der Waals surface area contributed by atoms with Crippen LogP contribution in [-0.4, -0.2) is 43.6 Å². The monoisotopic (exact) mass is 284 g/mol. The summed E-state index contributed by atoms with van der Waals surface area (Å²) in [4.78, 5) is 4.47. The highest BCUT2D eigenvalue weighted by Crippen LogP contribution is 2.26. The Hall–Kier alpha value is -2.61. The van der Waals surface area contributed by atoms with E-state index in [1.807, 2.05) is 24.3 Å². The molecule has 0 aliphatic carbocycles. The molecule has 1 saturated heterocycles. The SMILES string of the molecule is c1cc(-c2nc(C3CCOC3)no2)cc(-n2cnnn2)c1. The fourth-order valence-electron chi connectivity index (χ4n) is 2.32. The number of hydrogen-bond donors (Lipinski definition) is 0. The van der Waals surface area contributed by atoms with E-state index in [0.29, 0.717) is 18.3 Å². The van der Waals surface area contributed by atoms with Crippen molar-refractivity contribution in [3.63, 3.8) is 0 Å². The first-order valence-electron chi connectivity index (χ1n) is 6.65. The molecular weight excluding hydrogens is 272 g/mol. The zero-order chi connectivity index (χ0) is 14.1. The second-order valence-corrected chi connectivity index (χ2v) is 4.82. The minimum Gasteiger partial charge on any atom is -0.381 e. The maximum Gasteiger partial charge on any atom is 0.258 e. The van der Waals surface area contributed by atoms with Crippen LogP contribution < -0.4 is 0 Å². The molecular formula is C13H12N6O2. The topological polar surface area (TPSA) is 91.8 Å². The molecule has 0 amide bonds. The third kappa shape index (κ3) is 2.29. The van der Waals surface area contributed by atoms with Gasteiger partial charge < -0.3 is 9.26 Å². The Balaban J connectivity index is 1.65. The van der Waals surface area contributed by atoms with Gasteiger partial charge in [-0.15, -0.1) is 5.10 Å². The number of hydrogen-bond acceptors (Lipinski definition) is 7. The number of benzene rings is 1. The van der Waals surface area contributed by atoms with E-state index in [2.05, 4.69) is 25.7 Å². The van der Waals surface area contributed by atoms with Crippen molar-refractivity contribution in [2.45, 2.75) is 12.3 Å². The van der Waals surface area contributed by atoms with Crippen molar-refractivity contribution in [2.24, 2.45) is 0 Å². The van der Waals surface area contributed by atoms with E-state index in [4.69, 9.17) is 9.26 Å². The quantitative estimate of drug-likeness (QED) is 0.713. The summed E-state index contributed by atoms with van der Waals surface area (Å²) in [5, 5.41) is 15.2. The van der Waals surface area contributed by atoms with Gasteiger partial charge in [0.15, 0.2) is 5.82 Å². The number of aromatic nitrogens is 6. The molecule has 4 rings (SSSR count). The van der Waals surface area contributed by atoms with E-state index < -0.39 is 0 Å². The van der Waals surface area contributed by atoms with E-state index in [1.54, 1.807) is 4.68 Å². The molecule has 8 heteroatoms.